The molecule has 1 aliphatic carbocycles. The van der Waals surface area contributed by atoms with Crippen LogP contribution in [0.4, 0.5) is 0 Å². The molecule has 0 saturated heterocycles. The summed E-state index contributed by atoms with van der Waals surface area (Å²) >= 11 is 0. The maximum Gasteiger partial charge on any atom is 0.137 e. The Balaban J connectivity index is 1.31. The van der Waals surface area contributed by atoms with Gasteiger partial charge in [0.15, 0.2) is 0 Å². The molecule has 3 aromatic carbocycles. The highest BCUT2D eigenvalue weighted by atomic mass is 16.5. The second-order valence-electron chi connectivity index (χ2n) is 17.2. The molecule has 6 aromatic rings. The zero-order valence-corrected chi connectivity index (χ0v) is 33.1. The summed E-state index contributed by atoms with van der Waals surface area (Å²) in [7, 11) is 0. The van der Waals surface area contributed by atoms with E-state index in [1.807, 2.05) is 6.20 Å². The number of fused-ring (bicyclic) bond motifs is 3. The molecule has 270 valence electrons. The number of hydrogen-bond acceptors (Lipinski definition) is 3. The van der Waals surface area contributed by atoms with Crippen LogP contribution < -0.4 is 4.74 Å². The number of pyridine rings is 1. The van der Waals surface area contributed by atoms with E-state index in [9.17, 15) is 0 Å². The molecule has 0 radical (unpaired) electrons. The van der Waals surface area contributed by atoms with Crippen molar-refractivity contribution in [1.82, 2.24) is 19.3 Å². The summed E-state index contributed by atoms with van der Waals surface area (Å²) in [6.07, 6.45) is 6.70. The Hall–Kier alpha value is -4.64. The topological polar surface area (TPSA) is 44.9 Å². The van der Waals surface area contributed by atoms with Gasteiger partial charge in [-0.2, -0.15) is 5.10 Å². The van der Waals surface area contributed by atoms with Gasteiger partial charge in [0.05, 0.1) is 22.4 Å². The highest BCUT2D eigenvalue weighted by Gasteiger charge is 2.33. The second kappa shape index (κ2) is 13.7. The molecule has 5 nitrogen and oxygen atoms in total. The summed E-state index contributed by atoms with van der Waals surface area (Å²) in [5, 5.41) is 7.59. The van der Waals surface area contributed by atoms with Gasteiger partial charge in [-0.05, 0) is 116 Å². The first kappa shape index (κ1) is 35.7. The zero-order chi connectivity index (χ0) is 37.1. The van der Waals surface area contributed by atoms with E-state index in [4.69, 9.17) is 14.8 Å². The monoisotopic (exact) mass is 692 g/mol. The van der Waals surface area contributed by atoms with E-state index < -0.39 is 0 Å². The lowest BCUT2D eigenvalue weighted by Crippen LogP contribution is -2.24. The van der Waals surface area contributed by atoms with Gasteiger partial charge in [0.25, 0.3) is 0 Å². The van der Waals surface area contributed by atoms with Crippen LogP contribution in [-0.4, -0.2) is 19.3 Å². The van der Waals surface area contributed by atoms with Crippen LogP contribution in [0.25, 0.3) is 33.3 Å². The van der Waals surface area contributed by atoms with Crippen LogP contribution in [0.15, 0.2) is 90.6 Å². The largest absolute Gasteiger partial charge is 0.457 e. The van der Waals surface area contributed by atoms with Crippen LogP contribution in [0.1, 0.15) is 103 Å². The number of rotatable bonds is 8. The molecule has 0 saturated carbocycles. The Morgan fingerprint density at radius 2 is 1.60 bits per heavy atom. The molecule has 0 spiro atoms. The van der Waals surface area contributed by atoms with Gasteiger partial charge in [-0.15, -0.1) is 0 Å². The first-order chi connectivity index (χ1) is 24.7. The van der Waals surface area contributed by atoms with Crippen molar-refractivity contribution in [2.75, 3.05) is 0 Å². The van der Waals surface area contributed by atoms with Crippen LogP contribution >= 0.6 is 0 Å². The van der Waals surface area contributed by atoms with Crippen LogP contribution in [-0.2, 0) is 11.8 Å². The molecule has 0 aliphatic heterocycles. The Labute approximate surface area is 310 Å². The van der Waals surface area contributed by atoms with Gasteiger partial charge in [0.2, 0.25) is 0 Å². The molecule has 0 bridgehead atoms. The van der Waals surface area contributed by atoms with Gasteiger partial charge in [0, 0.05) is 46.3 Å². The quantitative estimate of drug-likeness (QED) is 0.149. The van der Waals surface area contributed by atoms with E-state index in [0.29, 0.717) is 29.6 Å². The zero-order valence-electron chi connectivity index (χ0n) is 33.1. The van der Waals surface area contributed by atoms with E-state index in [0.717, 1.165) is 46.2 Å². The molecule has 1 aliphatic rings. The Morgan fingerprint density at radius 1 is 0.846 bits per heavy atom. The smallest absolute Gasteiger partial charge is 0.137 e. The lowest BCUT2D eigenvalue weighted by molar-refractivity contribution is 0.317. The minimum absolute atomic E-state index is 0.0842. The number of aromatic nitrogens is 4. The maximum atomic E-state index is 6.83. The van der Waals surface area contributed by atoms with Crippen molar-refractivity contribution < 1.29 is 4.74 Å². The highest BCUT2D eigenvalue weighted by molar-refractivity contribution is 6.09. The van der Waals surface area contributed by atoms with Gasteiger partial charge >= 0.3 is 0 Å². The first-order valence-corrected chi connectivity index (χ1v) is 19.3. The van der Waals surface area contributed by atoms with Gasteiger partial charge in [-0.3, -0.25) is 4.57 Å². The van der Waals surface area contributed by atoms with E-state index in [1.165, 1.54) is 45.2 Å². The van der Waals surface area contributed by atoms with Crippen molar-refractivity contribution in [1.29, 1.82) is 0 Å². The van der Waals surface area contributed by atoms with E-state index in [-0.39, 0.29) is 5.41 Å². The number of nitrogens with zero attached hydrogens (tertiary/aromatic N) is 4. The van der Waals surface area contributed by atoms with Gasteiger partial charge in [-0.1, -0.05) is 85.2 Å². The third-order valence-electron chi connectivity index (χ3n) is 11.3. The molecule has 52 heavy (non-hydrogen) atoms. The highest BCUT2D eigenvalue weighted by Crippen LogP contribution is 2.45. The van der Waals surface area contributed by atoms with Crippen molar-refractivity contribution >= 4 is 21.8 Å². The minimum atomic E-state index is -0.0842. The average Bonchev–Trinajstić information content (AvgIpc) is 3.56. The molecular weight excluding hydrogens is 637 g/mol. The summed E-state index contributed by atoms with van der Waals surface area (Å²) in [6, 6.07) is 26.0. The van der Waals surface area contributed by atoms with Gasteiger partial charge in [-0.25, -0.2) is 9.67 Å². The van der Waals surface area contributed by atoms with Crippen molar-refractivity contribution in [2.45, 2.75) is 100 Å². The lowest BCUT2D eigenvalue weighted by atomic mass is 9.69. The molecule has 0 amide bonds. The van der Waals surface area contributed by atoms with E-state index >= 15 is 0 Å². The number of aryl methyl sites for hydroxylation is 1. The van der Waals surface area contributed by atoms with E-state index in [2.05, 4.69) is 164 Å². The number of benzene rings is 3. The normalized spacial score (nSPS) is 18.2. The van der Waals surface area contributed by atoms with E-state index in [1.54, 1.807) is 0 Å². The summed E-state index contributed by atoms with van der Waals surface area (Å²) in [5.74, 6) is 5.32. The first-order valence-electron chi connectivity index (χ1n) is 19.3. The molecule has 0 fully saturated rings. The molecule has 1 unspecified atom stereocenters. The minimum Gasteiger partial charge on any atom is -0.457 e. The van der Waals surface area contributed by atoms with Gasteiger partial charge < -0.3 is 4.74 Å². The number of allylic oxidation sites excluding steroid dienone is 2. The molecule has 0 N–H and O–H groups in total. The number of para-hydroxylation sites is 1. The van der Waals surface area contributed by atoms with Gasteiger partial charge in [0.1, 0.15) is 17.3 Å². The molecule has 7 rings (SSSR count). The van der Waals surface area contributed by atoms with Crippen molar-refractivity contribution in [3.8, 4) is 23.0 Å². The maximum absolute atomic E-state index is 6.83. The second-order valence-corrected chi connectivity index (χ2v) is 17.2. The number of hydrogen-bond donors (Lipinski definition) is 0. The summed E-state index contributed by atoms with van der Waals surface area (Å²) in [6.45, 7) is 25.2. The summed E-state index contributed by atoms with van der Waals surface area (Å²) in [4.78, 5) is 4.87. The van der Waals surface area contributed by atoms with Crippen molar-refractivity contribution in [2.24, 2.45) is 23.7 Å². The molecule has 3 atom stereocenters. The van der Waals surface area contributed by atoms with Crippen LogP contribution in [0.5, 0.6) is 11.5 Å². The third kappa shape index (κ3) is 6.71. The Bertz CT molecular complexity index is 2290. The number of ether oxygens (including phenoxy) is 1. The molecule has 5 heteroatoms. The fourth-order valence-electron chi connectivity index (χ4n) is 8.63. The lowest BCUT2D eigenvalue weighted by Gasteiger charge is -2.35. The van der Waals surface area contributed by atoms with Crippen LogP contribution in [0, 0.1) is 37.5 Å². The predicted octanol–water partition coefficient (Wildman–Crippen LogP) is 12.6. The standard InChI is InChI=1S/C47H56N4O/c1-28(2)20-34-18-19-48-44(23-34)50-42-15-13-12-14-40(42)41-17-16-38(27-43(41)50)52-39-25-36(47(9,10)11)24-37(26-39)51-33(8)46(32(7)49-51)45-30(5)21-35(29(3)4)22-31(45)6/h12-19,21,23-29,31,35,45H,20,22H2,1-11H3/t31-,35-,45?/m0/s1. The SMILES string of the molecule is CC1=C[C@H](C(C)C)C[C@H](C)C1c1c(C)nn(-c2cc(Oc3ccc4c5ccccc5n(-c5cc(CC(C)C)ccn5)c4c3)cc(C(C)(C)C)c2)c1C. The molecule has 3 heterocycles. The fourth-order valence-corrected chi connectivity index (χ4v) is 8.63. The van der Waals surface area contributed by atoms with Crippen molar-refractivity contribution in [3.05, 3.63) is 119 Å². The summed E-state index contributed by atoms with van der Waals surface area (Å²) < 4.78 is 11.3. The average molecular weight is 693 g/mol. The summed E-state index contributed by atoms with van der Waals surface area (Å²) in [5.41, 5.74) is 10.8. The molecule has 3 aromatic heterocycles. The van der Waals surface area contributed by atoms with Crippen molar-refractivity contribution in [3.63, 3.8) is 0 Å². The third-order valence-corrected chi connectivity index (χ3v) is 11.3. The van der Waals surface area contributed by atoms with Crippen LogP contribution in [0.2, 0.25) is 0 Å². The van der Waals surface area contributed by atoms with Crippen LogP contribution in [0.3, 0.4) is 0 Å². The fraction of sp³-hybridized carbons (Fsp3) is 0.404. The Kier molecular flexibility index (Phi) is 9.44. The predicted molar refractivity (Wildman–Crippen MR) is 218 cm³/mol. The molecular formula is C47H56N4O. The Morgan fingerprint density at radius 3 is 2.31 bits per heavy atom.